The Hall–Kier alpha value is -1.41. The topological polar surface area (TPSA) is 66.5 Å². The van der Waals surface area contributed by atoms with E-state index in [4.69, 9.17) is 11.6 Å². The predicted octanol–water partition coefficient (Wildman–Crippen LogP) is 4.00. The van der Waals surface area contributed by atoms with Gasteiger partial charge in [0.05, 0.1) is 12.5 Å². The summed E-state index contributed by atoms with van der Waals surface area (Å²) in [7, 11) is -3.44. The Balaban J connectivity index is 1.61. The summed E-state index contributed by atoms with van der Waals surface area (Å²) in [6.07, 6.45) is 3.05. The minimum atomic E-state index is -3.44. The van der Waals surface area contributed by atoms with Crippen LogP contribution in [0.3, 0.4) is 0 Å². The Bertz CT molecular complexity index is 888. The van der Waals surface area contributed by atoms with E-state index in [0.717, 1.165) is 29.7 Å². The van der Waals surface area contributed by atoms with Crippen molar-refractivity contribution in [3.8, 4) is 0 Å². The maximum atomic E-state index is 12.7. The number of piperidine rings is 1. The highest BCUT2D eigenvalue weighted by Crippen LogP contribution is 2.27. The summed E-state index contributed by atoms with van der Waals surface area (Å²) in [4.78, 5) is 13.1. The summed E-state index contributed by atoms with van der Waals surface area (Å²) in [6, 6.07) is 10.5. The fraction of sp³-hybridized carbons (Fsp3) is 0.421. The van der Waals surface area contributed by atoms with Gasteiger partial charge in [0, 0.05) is 23.0 Å². The fourth-order valence-electron chi connectivity index (χ4n) is 3.11. The fourth-order valence-corrected chi connectivity index (χ4v) is 6.26. The molecule has 0 bridgehead atoms. The van der Waals surface area contributed by atoms with Crippen LogP contribution in [0.15, 0.2) is 40.6 Å². The molecule has 0 spiro atoms. The molecule has 1 N–H and O–H groups in total. The molecule has 2 aromatic rings. The van der Waals surface area contributed by atoms with Crippen molar-refractivity contribution >= 4 is 38.9 Å². The van der Waals surface area contributed by atoms with Crippen molar-refractivity contribution in [2.24, 2.45) is 0 Å². The average molecular weight is 427 g/mol. The first kappa shape index (κ1) is 20.3. The summed E-state index contributed by atoms with van der Waals surface area (Å²) < 4.78 is 27.3. The lowest BCUT2D eigenvalue weighted by atomic mass is 10.1. The first-order valence-corrected chi connectivity index (χ1v) is 11.6. The van der Waals surface area contributed by atoms with Crippen LogP contribution in [-0.4, -0.2) is 31.7 Å². The van der Waals surface area contributed by atoms with E-state index in [1.165, 1.54) is 11.3 Å². The zero-order chi connectivity index (χ0) is 19.4. The second-order valence-electron chi connectivity index (χ2n) is 6.70. The third-order valence-corrected chi connectivity index (χ3v) is 8.33. The monoisotopic (exact) mass is 426 g/mol. The molecule has 146 valence electrons. The largest absolute Gasteiger partial charge is 0.349 e. The Labute approximate surface area is 169 Å². The summed E-state index contributed by atoms with van der Waals surface area (Å²) in [5, 5.41) is 3.59. The molecule has 1 saturated heterocycles. The molecule has 1 aromatic heterocycles. The molecule has 0 radical (unpaired) electrons. The lowest BCUT2D eigenvalue weighted by Crippen LogP contribution is -2.35. The number of thiophene rings is 1. The number of hydrogen-bond donors (Lipinski definition) is 1. The van der Waals surface area contributed by atoms with Crippen molar-refractivity contribution in [2.45, 2.75) is 42.9 Å². The normalized spacial score (nSPS) is 16.8. The van der Waals surface area contributed by atoms with E-state index in [0.29, 0.717) is 22.3 Å². The second-order valence-corrected chi connectivity index (χ2v) is 10.5. The Morgan fingerprint density at radius 2 is 1.81 bits per heavy atom. The van der Waals surface area contributed by atoms with Crippen molar-refractivity contribution in [1.29, 1.82) is 0 Å². The van der Waals surface area contributed by atoms with Crippen LogP contribution in [0.25, 0.3) is 0 Å². The number of amides is 1. The predicted molar refractivity (Wildman–Crippen MR) is 109 cm³/mol. The molecule has 1 unspecified atom stereocenters. The van der Waals surface area contributed by atoms with Crippen LogP contribution in [0.5, 0.6) is 0 Å². The van der Waals surface area contributed by atoms with Crippen LogP contribution >= 0.6 is 22.9 Å². The van der Waals surface area contributed by atoms with E-state index in [-0.39, 0.29) is 18.4 Å². The smallest absolute Gasteiger partial charge is 0.252 e. The third kappa shape index (κ3) is 5.10. The molecule has 1 fully saturated rings. The van der Waals surface area contributed by atoms with Gasteiger partial charge in [-0.25, -0.2) is 8.42 Å². The number of carbonyl (C=O) groups is 1. The van der Waals surface area contributed by atoms with Crippen molar-refractivity contribution in [1.82, 2.24) is 9.62 Å². The van der Waals surface area contributed by atoms with Gasteiger partial charge in [0.25, 0.3) is 10.0 Å². The van der Waals surface area contributed by atoms with Crippen LogP contribution in [0.4, 0.5) is 0 Å². The molecule has 1 aliphatic heterocycles. The first-order chi connectivity index (χ1) is 12.9. The van der Waals surface area contributed by atoms with E-state index in [9.17, 15) is 13.2 Å². The van der Waals surface area contributed by atoms with Gasteiger partial charge in [-0.2, -0.15) is 4.31 Å². The number of benzene rings is 1. The number of rotatable bonds is 6. The van der Waals surface area contributed by atoms with Gasteiger partial charge in [0.2, 0.25) is 5.91 Å². The lowest BCUT2D eigenvalue weighted by molar-refractivity contribution is -0.121. The number of nitrogens with zero attached hydrogens (tertiary/aromatic N) is 1. The van der Waals surface area contributed by atoms with Crippen LogP contribution < -0.4 is 5.32 Å². The van der Waals surface area contributed by atoms with Gasteiger partial charge >= 0.3 is 0 Å². The van der Waals surface area contributed by atoms with E-state index >= 15 is 0 Å². The van der Waals surface area contributed by atoms with E-state index in [1.54, 1.807) is 28.6 Å². The molecule has 1 atom stereocenters. The molecular formula is C19H23ClN2O3S2. The van der Waals surface area contributed by atoms with Crippen molar-refractivity contribution in [3.05, 3.63) is 51.9 Å². The van der Waals surface area contributed by atoms with E-state index in [2.05, 4.69) is 5.32 Å². The van der Waals surface area contributed by atoms with Gasteiger partial charge in [0.1, 0.15) is 4.21 Å². The van der Waals surface area contributed by atoms with Gasteiger partial charge < -0.3 is 5.32 Å². The summed E-state index contributed by atoms with van der Waals surface area (Å²) >= 11 is 7.06. The van der Waals surface area contributed by atoms with Crippen LogP contribution in [0.2, 0.25) is 5.02 Å². The highest BCUT2D eigenvalue weighted by atomic mass is 35.5. The standard InChI is InChI=1S/C19H23ClN2O3S2/c1-14(15-5-7-16(20)8-6-15)21-18(23)13-17-9-10-19(26-17)27(24,25)22-11-3-2-4-12-22/h5-10,14H,2-4,11-13H2,1H3,(H,21,23). The summed E-state index contributed by atoms with van der Waals surface area (Å²) in [5.41, 5.74) is 0.965. The molecule has 0 aliphatic carbocycles. The van der Waals surface area contributed by atoms with E-state index in [1.807, 2.05) is 19.1 Å². The summed E-state index contributed by atoms with van der Waals surface area (Å²) in [5.74, 6) is -0.138. The average Bonchev–Trinajstić information content (AvgIpc) is 3.12. The zero-order valence-electron chi connectivity index (χ0n) is 15.2. The van der Waals surface area contributed by atoms with Crippen molar-refractivity contribution in [2.75, 3.05) is 13.1 Å². The van der Waals surface area contributed by atoms with Gasteiger partial charge in [-0.3, -0.25) is 4.79 Å². The minimum absolute atomic E-state index is 0.138. The SMILES string of the molecule is CC(NC(=O)Cc1ccc(S(=O)(=O)N2CCCCC2)s1)c1ccc(Cl)cc1. The number of nitrogens with one attached hydrogen (secondary N) is 1. The maximum absolute atomic E-state index is 12.7. The van der Waals surface area contributed by atoms with Crippen LogP contribution in [-0.2, 0) is 21.2 Å². The molecule has 0 saturated carbocycles. The van der Waals surface area contributed by atoms with Gasteiger partial charge in [0.15, 0.2) is 0 Å². The molecule has 1 aromatic carbocycles. The summed E-state index contributed by atoms with van der Waals surface area (Å²) in [6.45, 7) is 3.06. The highest BCUT2D eigenvalue weighted by molar-refractivity contribution is 7.91. The van der Waals surface area contributed by atoms with Crippen LogP contribution in [0.1, 0.15) is 42.7 Å². The highest BCUT2D eigenvalue weighted by Gasteiger charge is 2.27. The van der Waals surface area contributed by atoms with Gasteiger partial charge in [-0.15, -0.1) is 11.3 Å². The molecule has 2 heterocycles. The Morgan fingerprint density at radius 1 is 1.15 bits per heavy atom. The Kier molecular flexibility index (Phi) is 6.57. The number of halogens is 1. The first-order valence-electron chi connectivity index (χ1n) is 9.00. The second kappa shape index (κ2) is 8.73. The molecule has 5 nitrogen and oxygen atoms in total. The quantitative estimate of drug-likeness (QED) is 0.759. The van der Waals surface area contributed by atoms with E-state index < -0.39 is 10.0 Å². The molecule has 8 heteroatoms. The van der Waals surface area contributed by atoms with Gasteiger partial charge in [-0.1, -0.05) is 30.2 Å². The lowest BCUT2D eigenvalue weighted by Gasteiger charge is -2.25. The molecular weight excluding hydrogens is 404 g/mol. The number of carbonyl (C=O) groups excluding carboxylic acids is 1. The van der Waals surface area contributed by atoms with Crippen molar-refractivity contribution in [3.63, 3.8) is 0 Å². The third-order valence-electron chi connectivity index (χ3n) is 4.63. The number of hydrogen-bond acceptors (Lipinski definition) is 4. The molecule has 27 heavy (non-hydrogen) atoms. The molecule has 1 amide bonds. The number of sulfonamides is 1. The molecule has 1 aliphatic rings. The van der Waals surface area contributed by atoms with Crippen molar-refractivity contribution < 1.29 is 13.2 Å². The molecule has 3 rings (SSSR count). The van der Waals surface area contributed by atoms with Crippen LogP contribution in [0, 0.1) is 0 Å². The Morgan fingerprint density at radius 3 is 2.48 bits per heavy atom. The minimum Gasteiger partial charge on any atom is -0.349 e. The zero-order valence-corrected chi connectivity index (χ0v) is 17.5. The maximum Gasteiger partial charge on any atom is 0.252 e. The van der Waals surface area contributed by atoms with Gasteiger partial charge in [-0.05, 0) is 49.6 Å².